The minimum Gasteiger partial charge on any atom is -0.107 e. The second-order valence-electron chi connectivity index (χ2n) is 6.61. The quantitative estimate of drug-likeness (QED) is 0.606. The summed E-state index contributed by atoms with van der Waals surface area (Å²) < 4.78 is 0. The molecule has 0 aromatic rings. The first-order valence-corrected chi connectivity index (χ1v) is 12.9. The van der Waals surface area contributed by atoms with E-state index in [9.17, 15) is 0 Å². The highest BCUT2D eigenvalue weighted by atomic mass is 28.3. The van der Waals surface area contributed by atoms with Crippen molar-refractivity contribution in [3.8, 4) is 0 Å². The molecular weight excluding hydrogens is 224 g/mol. The molecule has 0 bridgehead atoms. The second kappa shape index (κ2) is 5.05. The molecule has 1 fully saturated rings. The van der Waals surface area contributed by atoms with E-state index >= 15 is 0 Å². The van der Waals surface area contributed by atoms with Gasteiger partial charge in [-0.15, -0.1) is 24.6 Å². The molecule has 1 aliphatic carbocycles. The van der Waals surface area contributed by atoms with Crippen molar-refractivity contribution in [1.29, 1.82) is 0 Å². The van der Waals surface area contributed by atoms with Crippen molar-refractivity contribution in [2.45, 2.75) is 63.0 Å². The molecule has 0 amide bonds. The first kappa shape index (κ1) is 14.0. The highest BCUT2D eigenvalue weighted by Gasteiger charge is 2.38. The first-order chi connectivity index (χ1) is 7.33. The fraction of sp³-hybridized carbons (Fsp3) is 0.714. The normalized spacial score (nSPS) is 27.5. The van der Waals surface area contributed by atoms with E-state index < -0.39 is 16.1 Å². The van der Waals surface area contributed by atoms with E-state index in [4.69, 9.17) is 0 Å². The smallest absolute Gasteiger partial charge is 0.0740 e. The zero-order valence-electron chi connectivity index (χ0n) is 11.6. The van der Waals surface area contributed by atoms with Crippen LogP contribution in [0.15, 0.2) is 24.6 Å². The van der Waals surface area contributed by atoms with Gasteiger partial charge in [0.2, 0.25) is 0 Å². The standard InChI is InChI=1S/C14H28Si2/c1-7-15(3,4)13-10-9-11-14(12-13)16(5,6)8-2/h7-8,13-14H,1-2,9-12H2,3-6H3. The maximum absolute atomic E-state index is 4.07. The van der Waals surface area contributed by atoms with Crippen LogP contribution in [0.3, 0.4) is 0 Å². The zero-order chi connectivity index (χ0) is 12.4. The summed E-state index contributed by atoms with van der Waals surface area (Å²) in [6.07, 6.45) is 5.78. The molecule has 16 heavy (non-hydrogen) atoms. The molecule has 1 rings (SSSR count). The predicted molar refractivity (Wildman–Crippen MR) is 81.3 cm³/mol. The molecule has 0 nitrogen and oxygen atoms in total. The van der Waals surface area contributed by atoms with E-state index in [0.717, 1.165) is 11.1 Å². The topological polar surface area (TPSA) is 0 Å². The SMILES string of the molecule is C=C[Si](C)(C)C1CCCC([Si](C)(C)C=C)C1. The van der Waals surface area contributed by atoms with Gasteiger partial charge in [-0.25, -0.2) is 0 Å². The van der Waals surface area contributed by atoms with Gasteiger partial charge in [-0.2, -0.15) is 0 Å². The van der Waals surface area contributed by atoms with Crippen LogP contribution in [0.4, 0.5) is 0 Å². The van der Waals surface area contributed by atoms with Crippen molar-refractivity contribution < 1.29 is 0 Å². The Kier molecular flexibility index (Phi) is 4.41. The molecule has 0 aromatic carbocycles. The summed E-state index contributed by atoms with van der Waals surface area (Å²) in [4.78, 5) is 0. The molecule has 2 atom stereocenters. The van der Waals surface area contributed by atoms with Crippen LogP contribution in [0.2, 0.25) is 37.3 Å². The van der Waals surface area contributed by atoms with E-state index in [-0.39, 0.29) is 0 Å². The lowest BCUT2D eigenvalue weighted by Gasteiger charge is -2.41. The summed E-state index contributed by atoms with van der Waals surface area (Å²) in [5.41, 5.74) is 6.52. The zero-order valence-corrected chi connectivity index (χ0v) is 13.6. The molecule has 0 saturated heterocycles. The third-order valence-electron chi connectivity index (χ3n) is 4.83. The summed E-state index contributed by atoms with van der Waals surface area (Å²) in [5.74, 6) is 0. The van der Waals surface area contributed by atoms with Crippen LogP contribution in [0.25, 0.3) is 0 Å². The lowest BCUT2D eigenvalue weighted by molar-refractivity contribution is 0.484. The van der Waals surface area contributed by atoms with Gasteiger partial charge < -0.3 is 0 Å². The Balaban J connectivity index is 2.75. The summed E-state index contributed by atoms with van der Waals surface area (Å²) in [6, 6.07) is 0. The van der Waals surface area contributed by atoms with Gasteiger partial charge in [0, 0.05) is 0 Å². The monoisotopic (exact) mass is 252 g/mol. The van der Waals surface area contributed by atoms with Crippen molar-refractivity contribution in [1.82, 2.24) is 0 Å². The Labute approximate surface area is 104 Å². The van der Waals surface area contributed by atoms with E-state index in [2.05, 4.69) is 50.7 Å². The molecule has 2 unspecified atom stereocenters. The van der Waals surface area contributed by atoms with Crippen molar-refractivity contribution in [2.75, 3.05) is 0 Å². The maximum atomic E-state index is 4.07. The van der Waals surface area contributed by atoms with Crippen LogP contribution >= 0.6 is 0 Å². The number of rotatable bonds is 4. The summed E-state index contributed by atoms with van der Waals surface area (Å²) >= 11 is 0. The van der Waals surface area contributed by atoms with Crippen molar-refractivity contribution in [2.24, 2.45) is 0 Å². The van der Waals surface area contributed by atoms with Gasteiger partial charge in [-0.3, -0.25) is 0 Å². The molecule has 0 spiro atoms. The lowest BCUT2D eigenvalue weighted by Crippen LogP contribution is -2.38. The fourth-order valence-corrected chi connectivity index (χ4v) is 7.46. The van der Waals surface area contributed by atoms with Crippen LogP contribution in [0.1, 0.15) is 25.7 Å². The van der Waals surface area contributed by atoms with E-state index in [1.807, 2.05) is 0 Å². The fourth-order valence-electron chi connectivity index (χ4n) is 2.87. The van der Waals surface area contributed by atoms with Gasteiger partial charge in [0.05, 0.1) is 16.1 Å². The molecule has 0 N–H and O–H groups in total. The Morgan fingerprint density at radius 3 is 1.56 bits per heavy atom. The van der Waals surface area contributed by atoms with Crippen LogP contribution in [0, 0.1) is 0 Å². The molecule has 1 saturated carbocycles. The predicted octanol–water partition coefficient (Wildman–Crippen LogP) is 5.17. The molecule has 2 heteroatoms. The summed E-state index contributed by atoms with van der Waals surface area (Å²) in [5, 5.41) is 0. The largest absolute Gasteiger partial charge is 0.107 e. The van der Waals surface area contributed by atoms with Crippen molar-refractivity contribution >= 4 is 16.1 Å². The third-order valence-corrected chi connectivity index (χ3v) is 12.2. The van der Waals surface area contributed by atoms with Gasteiger partial charge in [0.15, 0.2) is 0 Å². The first-order valence-electron chi connectivity index (χ1n) is 6.60. The highest BCUT2D eigenvalue weighted by Crippen LogP contribution is 2.46. The van der Waals surface area contributed by atoms with Gasteiger partial charge in [0.25, 0.3) is 0 Å². The van der Waals surface area contributed by atoms with Crippen molar-refractivity contribution in [3.05, 3.63) is 24.6 Å². The van der Waals surface area contributed by atoms with Gasteiger partial charge >= 0.3 is 0 Å². The van der Waals surface area contributed by atoms with E-state index in [1.165, 1.54) is 25.7 Å². The Morgan fingerprint density at radius 1 is 0.875 bits per heavy atom. The average molecular weight is 253 g/mol. The number of hydrogen-bond acceptors (Lipinski definition) is 0. The van der Waals surface area contributed by atoms with Crippen LogP contribution in [-0.4, -0.2) is 16.1 Å². The minimum absolute atomic E-state index is 0.968. The molecule has 0 radical (unpaired) electrons. The third kappa shape index (κ3) is 2.98. The van der Waals surface area contributed by atoms with Gasteiger partial charge in [-0.05, 0) is 11.1 Å². The van der Waals surface area contributed by atoms with Gasteiger partial charge in [0.1, 0.15) is 0 Å². The second-order valence-corrected chi connectivity index (χ2v) is 16.3. The summed E-state index contributed by atoms with van der Waals surface area (Å²) in [6.45, 7) is 18.1. The Morgan fingerprint density at radius 2 is 1.25 bits per heavy atom. The molecular formula is C14H28Si2. The minimum atomic E-state index is -1.16. The van der Waals surface area contributed by atoms with Crippen LogP contribution in [0.5, 0.6) is 0 Å². The molecule has 0 aliphatic heterocycles. The Hall–Kier alpha value is -0.0862. The molecule has 0 heterocycles. The van der Waals surface area contributed by atoms with Crippen LogP contribution < -0.4 is 0 Å². The molecule has 0 aromatic heterocycles. The average Bonchev–Trinajstić information content (AvgIpc) is 2.29. The Bertz CT molecular complexity index is 240. The highest BCUT2D eigenvalue weighted by molar-refractivity contribution is 6.85. The van der Waals surface area contributed by atoms with Crippen LogP contribution in [-0.2, 0) is 0 Å². The molecule has 1 aliphatic rings. The molecule has 92 valence electrons. The summed E-state index contributed by atoms with van der Waals surface area (Å²) in [7, 11) is -2.32. The van der Waals surface area contributed by atoms with E-state index in [1.54, 1.807) is 0 Å². The van der Waals surface area contributed by atoms with Crippen molar-refractivity contribution in [3.63, 3.8) is 0 Å². The number of hydrogen-bond donors (Lipinski definition) is 0. The lowest BCUT2D eigenvalue weighted by atomic mass is 9.99. The maximum Gasteiger partial charge on any atom is 0.0740 e. The van der Waals surface area contributed by atoms with Gasteiger partial charge in [-0.1, -0.05) is 51.9 Å². The van der Waals surface area contributed by atoms with E-state index in [0.29, 0.717) is 0 Å².